The molecule has 1 aromatic carbocycles. The molecule has 0 aromatic heterocycles. The molecule has 0 unspecified atom stereocenters. The number of nitrogens with one attached hydrogen (secondary N) is 1. The molecule has 19 heavy (non-hydrogen) atoms. The second-order valence-corrected chi connectivity index (χ2v) is 4.68. The van der Waals surface area contributed by atoms with Crippen molar-refractivity contribution in [1.29, 1.82) is 0 Å². The SMILES string of the molecule is CCCCCNC(=S)OCCC(=O)c1ccccc1. The standard InChI is InChI=1S/C15H21NO2S/c1-2-3-7-11-16-15(19)18-12-10-14(17)13-8-5-4-6-9-13/h4-6,8-9H,2-3,7,10-12H2,1H3,(H,16,19). The summed E-state index contributed by atoms with van der Waals surface area (Å²) in [5, 5.41) is 3.41. The zero-order valence-electron chi connectivity index (χ0n) is 11.4. The first-order chi connectivity index (χ1) is 9.24. The summed E-state index contributed by atoms with van der Waals surface area (Å²) in [7, 11) is 0. The van der Waals surface area contributed by atoms with E-state index in [0.717, 1.165) is 13.0 Å². The Morgan fingerprint density at radius 1 is 1.26 bits per heavy atom. The summed E-state index contributed by atoms with van der Waals surface area (Å²) >= 11 is 5.03. The smallest absolute Gasteiger partial charge is 0.256 e. The van der Waals surface area contributed by atoms with E-state index in [4.69, 9.17) is 17.0 Å². The molecule has 0 radical (unpaired) electrons. The van der Waals surface area contributed by atoms with Crippen LogP contribution in [0.1, 0.15) is 43.0 Å². The van der Waals surface area contributed by atoms with Crippen molar-refractivity contribution >= 4 is 23.2 Å². The maximum absolute atomic E-state index is 11.8. The van der Waals surface area contributed by atoms with Gasteiger partial charge >= 0.3 is 0 Å². The highest BCUT2D eigenvalue weighted by Crippen LogP contribution is 2.03. The highest BCUT2D eigenvalue weighted by Gasteiger charge is 2.05. The largest absolute Gasteiger partial charge is 0.471 e. The lowest BCUT2D eigenvalue weighted by atomic mass is 10.1. The van der Waals surface area contributed by atoms with Gasteiger partial charge in [-0.05, 0) is 18.6 Å². The number of ether oxygens (including phenoxy) is 1. The van der Waals surface area contributed by atoms with Crippen molar-refractivity contribution in [1.82, 2.24) is 5.32 Å². The van der Waals surface area contributed by atoms with Crippen LogP contribution in [-0.4, -0.2) is 24.1 Å². The first-order valence-electron chi connectivity index (χ1n) is 6.73. The van der Waals surface area contributed by atoms with Gasteiger partial charge in [0.1, 0.15) is 0 Å². The van der Waals surface area contributed by atoms with Crippen LogP contribution in [-0.2, 0) is 4.74 Å². The fourth-order valence-electron chi connectivity index (χ4n) is 1.62. The third-order valence-corrected chi connectivity index (χ3v) is 2.97. The van der Waals surface area contributed by atoms with Crippen molar-refractivity contribution in [3.8, 4) is 0 Å². The number of hydrogen-bond donors (Lipinski definition) is 1. The van der Waals surface area contributed by atoms with Crippen LogP contribution >= 0.6 is 12.2 Å². The van der Waals surface area contributed by atoms with Gasteiger partial charge in [0.25, 0.3) is 5.17 Å². The van der Waals surface area contributed by atoms with Gasteiger partial charge in [-0.25, -0.2) is 0 Å². The van der Waals surface area contributed by atoms with Gasteiger partial charge in [0.05, 0.1) is 6.61 Å². The second kappa shape index (κ2) is 9.50. The molecule has 0 saturated carbocycles. The second-order valence-electron chi connectivity index (χ2n) is 4.31. The fraction of sp³-hybridized carbons (Fsp3) is 0.467. The van der Waals surface area contributed by atoms with Crippen LogP contribution in [0.15, 0.2) is 30.3 Å². The highest BCUT2D eigenvalue weighted by atomic mass is 32.1. The maximum atomic E-state index is 11.8. The molecule has 0 atom stereocenters. The summed E-state index contributed by atoms with van der Waals surface area (Å²) in [6.45, 7) is 3.32. The molecule has 1 N–H and O–H groups in total. The lowest BCUT2D eigenvalue weighted by molar-refractivity contribution is 0.0959. The van der Waals surface area contributed by atoms with E-state index in [-0.39, 0.29) is 5.78 Å². The molecule has 0 aliphatic carbocycles. The van der Waals surface area contributed by atoms with E-state index >= 15 is 0 Å². The Morgan fingerprint density at radius 2 is 2.00 bits per heavy atom. The summed E-state index contributed by atoms with van der Waals surface area (Å²) in [5.41, 5.74) is 0.716. The summed E-state index contributed by atoms with van der Waals surface area (Å²) in [5.74, 6) is 0.0781. The third kappa shape index (κ3) is 6.91. The van der Waals surface area contributed by atoms with Crippen molar-refractivity contribution in [2.45, 2.75) is 32.6 Å². The number of carbonyl (C=O) groups excluding carboxylic acids is 1. The van der Waals surface area contributed by atoms with Gasteiger partial charge in [0.2, 0.25) is 0 Å². The predicted octanol–water partition coefficient (Wildman–Crippen LogP) is 3.34. The first-order valence-corrected chi connectivity index (χ1v) is 7.13. The van der Waals surface area contributed by atoms with E-state index in [2.05, 4.69) is 12.2 Å². The van der Waals surface area contributed by atoms with Crippen LogP contribution in [0.25, 0.3) is 0 Å². The van der Waals surface area contributed by atoms with Crippen molar-refractivity contribution < 1.29 is 9.53 Å². The molecule has 0 aliphatic rings. The average molecular weight is 279 g/mol. The van der Waals surface area contributed by atoms with E-state index < -0.39 is 0 Å². The molecule has 0 heterocycles. The van der Waals surface area contributed by atoms with Crippen LogP contribution in [0.4, 0.5) is 0 Å². The minimum atomic E-state index is 0.0781. The summed E-state index contributed by atoms with van der Waals surface area (Å²) < 4.78 is 5.31. The average Bonchev–Trinajstić information content (AvgIpc) is 2.44. The van der Waals surface area contributed by atoms with Gasteiger partial charge in [-0.1, -0.05) is 50.1 Å². The normalized spacial score (nSPS) is 9.95. The molecule has 0 amide bonds. The van der Waals surface area contributed by atoms with E-state index in [1.54, 1.807) is 0 Å². The number of carbonyl (C=O) groups is 1. The number of thiocarbonyl (C=S) groups is 1. The molecule has 0 saturated heterocycles. The number of ketones is 1. The molecule has 4 heteroatoms. The molecule has 3 nitrogen and oxygen atoms in total. The Balaban J connectivity index is 2.13. The first kappa shape index (κ1) is 15.6. The Labute approximate surface area is 120 Å². The van der Waals surface area contributed by atoms with Gasteiger partial charge in [0, 0.05) is 18.5 Å². The molecule has 0 aliphatic heterocycles. The van der Waals surface area contributed by atoms with Crippen molar-refractivity contribution in [3.05, 3.63) is 35.9 Å². The Morgan fingerprint density at radius 3 is 2.68 bits per heavy atom. The Bertz CT molecular complexity index is 392. The van der Waals surface area contributed by atoms with E-state index in [1.807, 2.05) is 30.3 Å². The van der Waals surface area contributed by atoms with Crippen LogP contribution in [0.2, 0.25) is 0 Å². The molecule has 0 bridgehead atoms. The molecule has 1 rings (SSSR count). The van der Waals surface area contributed by atoms with Crippen molar-refractivity contribution in [2.24, 2.45) is 0 Å². The number of benzene rings is 1. The topological polar surface area (TPSA) is 38.3 Å². The van der Waals surface area contributed by atoms with Crippen LogP contribution < -0.4 is 5.32 Å². The van der Waals surface area contributed by atoms with Crippen molar-refractivity contribution in [2.75, 3.05) is 13.2 Å². The molecule has 1 aromatic rings. The minimum absolute atomic E-state index is 0.0781. The molecule has 0 spiro atoms. The zero-order chi connectivity index (χ0) is 13.9. The van der Waals surface area contributed by atoms with E-state index in [1.165, 1.54) is 12.8 Å². The van der Waals surface area contributed by atoms with E-state index in [0.29, 0.717) is 23.8 Å². The number of hydrogen-bond acceptors (Lipinski definition) is 3. The Kier molecular flexibility index (Phi) is 7.82. The number of rotatable bonds is 8. The number of unbranched alkanes of at least 4 members (excludes halogenated alkanes) is 2. The Hall–Kier alpha value is -1.42. The van der Waals surface area contributed by atoms with Gasteiger partial charge in [0.15, 0.2) is 5.78 Å². The quantitative estimate of drug-likeness (QED) is 0.450. The zero-order valence-corrected chi connectivity index (χ0v) is 12.2. The highest BCUT2D eigenvalue weighted by molar-refractivity contribution is 7.80. The lowest BCUT2D eigenvalue weighted by Crippen LogP contribution is -2.25. The summed E-state index contributed by atoms with van der Waals surface area (Å²) in [4.78, 5) is 11.8. The number of Topliss-reactive ketones (excluding diaryl/α,β-unsaturated/α-hetero) is 1. The monoisotopic (exact) mass is 279 g/mol. The van der Waals surface area contributed by atoms with Crippen LogP contribution in [0.5, 0.6) is 0 Å². The fourth-order valence-corrected chi connectivity index (χ4v) is 1.81. The lowest BCUT2D eigenvalue weighted by Gasteiger charge is -2.09. The predicted molar refractivity (Wildman–Crippen MR) is 81.5 cm³/mol. The van der Waals surface area contributed by atoms with E-state index in [9.17, 15) is 4.79 Å². The molecule has 0 fully saturated rings. The maximum Gasteiger partial charge on any atom is 0.256 e. The third-order valence-electron chi connectivity index (χ3n) is 2.71. The van der Waals surface area contributed by atoms with Crippen molar-refractivity contribution in [3.63, 3.8) is 0 Å². The van der Waals surface area contributed by atoms with Crippen LogP contribution in [0, 0.1) is 0 Å². The summed E-state index contributed by atoms with van der Waals surface area (Å²) in [6, 6.07) is 9.22. The van der Waals surface area contributed by atoms with Gasteiger partial charge in [-0.3, -0.25) is 4.79 Å². The minimum Gasteiger partial charge on any atom is -0.471 e. The molecular weight excluding hydrogens is 258 g/mol. The van der Waals surface area contributed by atoms with Gasteiger partial charge < -0.3 is 10.1 Å². The molecule has 104 valence electrons. The van der Waals surface area contributed by atoms with Gasteiger partial charge in [-0.2, -0.15) is 0 Å². The summed E-state index contributed by atoms with van der Waals surface area (Å²) in [6.07, 6.45) is 3.80. The van der Waals surface area contributed by atoms with Gasteiger partial charge in [-0.15, -0.1) is 0 Å². The van der Waals surface area contributed by atoms with Crippen LogP contribution in [0.3, 0.4) is 0 Å². The molecular formula is C15H21NO2S.